The lowest BCUT2D eigenvalue weighted by atomic mass is 9.97. The summed E-state index contributed by atoms with van der Waals surface area (Å²) in [5, 5.41) is 20.0. The smallest absolute Gasteiger partial charge is 0.384 e. The van der Waals surface area contributed by atoms with E-state index in [2.05, 4.69) is 13.1 Å². The third-order valence-corrected chi connectivity index (χ3v) is 7.51. The Morgan fingerprint density at radius 3 is 2.29 bits per heavy atom. The van der Waals surface area contributed by atoms with Crippen LogP contribution in [-0.4, -0.2) is 63.5 Å². The minimum Gasteiger partial charge on any atom is -0.384 e. The highest BCUT2D eigenvalue weighted by Gasteiger charge is 2.64. The number of aliphatic hydroxyl groups is 2. The standard InChI is InChI=1S/C10H16FN2O15P3/c1-9(4-25-30(21,22)28-31(23,24)27-29(18,19)20)6(15)10(11,17)7(26-9)13-3-2-5(14)12-8(13)16/h2-3,6-7,15,17H,4H2,1H3,(H,21,22)(H,23,24)(H,12,14,16)(H2,18,19,20)/t6-,7-,9-,10+/m1/s1. The van der Waals surface area contributed by atoms with E-state index in [-0.39, 0.29) is 0 Å². The summed E-state index contributed by atoms with van der Waals surface area (Å²) in [5.41, 5.74) is -4.54. The summed E-state index contributed by atoms with van der Waals surface area (Å²) in [4.78, 5) is 60.1. The van der Waals surface area contributed by atoms with Gasteiger partial charge in [-0.3, -0.25) is 18.9 Å². The van der Waals surface area contributed by atoms with Crippen LogP contribution in [0.25, 0.3) is 0 Å². The minimum atomic E-state index is -5.84. The lowest BCUT2D eigenvalue weighted by molar-refractivity contribution is -0.197. The SMILES string of the molecule is C[C@]1(COP(=O)(O)OP(=O)(O)OP(=O)(O)O)O[C@@H](n2ccc(=O)[nH]c2=O)[C@](O)(F)[C@@H]1O. The first kappa shape index (κ1) is 26.2. The molecule has 2 rings (SSSR count). The van der Waals surface area contributed by atoms with Crippen LogP contribution in [0.2, 0.25) is 0 Å². The van der Waals surface area contributed by atoms with E-state index in [9.17, 15) is 42.8 Å². The second kappa shape index (κ2) is 8.35. The van der Waals surface area contributed by atoms with Gasteiger partial charge in [-0.15, -0.1) is 0 Å². The van der Waals surface area contributed by atoms with Crippen LogP contribution in [0.5, 0.6) is 0 Å². The van der Waals surface area contributed by atoms with Crippen molar-refractivity contribution in [1.29, 1.82) is 0 Å². The molecule has 2 unspecified atom stereocenters. The van der Waals surface area contributed by atoms with Crippen molar-refractivity contribution in [3.8, 4) is 0 Å². The lowest BCUT2D eigenvalue weighted by Crippen LogP contribution is -2.49. The van der Waals surface area contributed by atoms with Crippen molar-refractivity contribution in [3.63, 3.8) is 0 Å². The van der Waals surface area contributed by atoms with E-state index in [0.29, 0.717) is 4.57 Å². The molecule has 0 amide bonds. The van der Waals surface area contributed by atoms with Crippen LogP contribution in [0.3, 0.4) is 0 Å². The highest BCUT2D eigenvalue weighted by atomic mass is 31.3. The molecular weight excluding hydrogens is 500 g/mol. The van der Waals surface area contributed by atoms with Gasteiger partial charge in [0.05, 0.1) is 6.61 Å². The number of hydrogen-bond acceptors (Lipinski definition) is 11. The van der Waals surface area contributed by atoms with E-state index in [1.54, 1.807) is 4.98 Å². The van der Waals surface area contributed by atoms with Crippen molar-refractivity contribution in [3.05, 3.63) is 33.1 Å². The third-order valence-electron chi connectivity index (χ3n) is 3.72. The van der Waals surface area contributed by atoms with Gasteiger partial charge >= 0.3 is 29.2 Å². The third kappa shape index (κ3) is 6.24. The molecule has 1 aromatic rings. The molecule has 21 heteroatoms. The number of phosphoric ester groups is 1. The molecule has 6 atom stereocenters. The molecule has 0 aromatic carbocycles. The number of rotatable bonds is 8. The van der Waals surface area contributed by atoms with Gasteiger partial charge in [-0.1, -0.05) is 0 Å². The van der Waals surface area contributed by atoms with Crippen molar-refractivity contribution in [2.24, 2.45) is 0 Å². The molecule has 178 valence electrons. The molecule has 17 nitrogen and oxygen atoms in total. The Morgan fingerprint density at radius 2 is 1.77 bits per heavy atom. The van der Waals surface area contributed by atoms with Crippen LogP contribution in [0.4, 0.5) is 4.39 Å². The summed E-state index contributed by atoms with van der Waals surface area (Å²) in [6.07, 6.45) is -4.13. The maximum atomic E-state index is 14.7. The Bertz CT molecular complexity index is 1100. The van der Waals surface area contributed by atoms with Crippen LogP contribution in [0, 0.1) is 0 Å². The van der Waals surface area contributed by atoms with Crippen molar-refractivity contribution >= 4 is 23.5 Å². The maximum absolute atomic E-state index is 14.7. The van der Waals surface area contributed by atoms with Crippen molar-refractivity contribution < 1.29 is 65.8 Å². The Balaban J connectivity index is 2.22. The number of ether oxygens (including phenoxy) is 1. The Kier molecular flexibility index (Phi) is 7.05. The molecule has 1 aromatic heterocycles. The summed E-state index contributed by atoms with van der Waals surface area (Å²) in [7, 11) is -17.1. The van der Waals surface area contributed by atoms with Gasteiger partial charge in [-0.2, -0.15) is 8.62 Å². The second-order valence-corrected chi connectivity index (χ2v) is 10.7. The van der Waals surface area contributed by atoms with Crippen molar-refractivity contribution in [2.75, 3.05) is 6.61 Å². The summed E-state index contributed by atoms with van der Waals surface area (Å²) >= 11 is 0. The highest BCUT2D eigenvalue weighted by Crippen LogP contribution is 2.66. The molecule has 31 heavy (non-hydrogen) atoms. The van der Waals surface area contributed by atoms with Crippen molar-refractivity contribution in [1.82, 2.24) is 9.55 Å². The van der Waals surface area contributed by atoms with Crippen LogP contribution in [0.15, 0.2) is 21.9 Å². The molecule has 0 radical (unpaired) electrons. The monoisotopic (exact) mass is 516 g/mol. The predicted octanol–water partition coefficient (Wildman–Crippen LogP) is -1.81. The molecule has 0 saturated carbocycles. The summed E-state index contributed by atoms with van der Waals surface area (Å²) in [6.45, 7) is -0.498. The summed E-state index contributed by atoms with van der Waals surface area (Å²) < 4.78 is 65.0. The molecule has 1 aliphatic rings. The predicted molar refractivity (Wildman–Crippen MR) is 91.7 cm³/mol. The number of phosphoric acid groups is 3. The zero-order valence-corrected chi connectivity index (χ0v) is 17.7. The first-order chi connectivity index (χ1) is 13.8. The molecule has 0 spiro atoms. The minimum absolute atomic E-state index is 0.348. The Hall–Kier alpha value is -1.10. The fourth-order valence-corrected chi connectivity index (χ4v) is 5.57. The molecule has 0 aliphatic carbocycles. The molecule has 1 aliphatic heterocycles. The number of nitrogens with one attached hydrogen (secondary N) is 1. The average Bonchev–Trinajstić information content (AvgIpc) is 2.71. The quantitative estimate of drug-likeness (QED) is 0.188. The number of hydrogen-bond donors (Lipinski definition) is 7. The zero-order valence-electron chi connectivity index (χ0n) is 15.0. The number of aromatic amines is 1. The van der Waals surface area contributed by atoms with Crippen LogP contribution in [0.1, 0.15) is 13.2 Å². The fourth-order valence-electron chi connectivity index (χ4n) is 2.46. The maximum Gasteiger partial charge on any atom is 0.490 e. The van der Waals surface area contributed by atoms with Crippen molar-refractivity contribution in [2.45, 2.75) is 30.7 Å². The van der Waals surface area contributed by atoms with E-state index < -0.39 is 65.1 Å². The van der Waals surface area contributed by atoms with Gasteiger partial charge in [-0.25, -0.2) is 22.9 Å². The van der Waals surface area contributed by atoms with Crippen LogP contribution >= 0.6 is 23.5 Å². The number of alkyl halides is 1. The van der Waals surface area contributed by atoms with Gasteiger partial charge in [0.25, 0.3) is 11.4 Å². The van der Waals surface area contributed by atoms with E-state index >= 15 is 0 Å². The first-order valence-corrected chi connectivity index (χ1v) is 12.2. The van der Waals surface area contributed by atoms with E-state index in [4.69, 9.17) is 19.4 Å². The van der Waals surface area contributed by atoms with Crippen LogP contribution < -0.4 is 11.2 Å². The first-order valence-electron chi connectivity index (χ1n) is 7.65. The van der Waals surface area contributed by atoms with E-state index in [1.807, 2.05) is 0 Å². The van der Waals surface area contributed by atoms with Gasteiger partial charge < -0.3 is 34.5 Å². The number of aromatic nitrogens is 2. The molecule has 0 bridgehead atoms. The fraction of sp³-hybridized carbons (Fsp3) is 0.600. The van der Waals surface area contributed by atoms with Crippen LogP contribution in [-0.2, 0) is 31.6 Å². The zero-order chi connectivity index (χ0) is 24.0. The molecule has 7 N–H and O–H groups in total. The second-order valence-electron chi connectivity index (χ2n) is 6.29. The highest BCUT2D eigenvalue weighted by molar-refractivity contribution is 7.66. The lowest BCUT2D eigenvalue weighted by Gasteiger charge is -2.28. The normalized spacial score (nSPS) is 33.0. The van der Waals surface area contributed by atoms with Gasteiger partial charge in [0, 0.05) is 12.3 Å². The van der Waals surface area contributed by atoms with E-state index in [1.165, 1.54) is 0 Å². The number of halogens is 1. The van der Waals surface area contributed by atoms with Gasteiger partial charge in [-0.05, 0) is 6.92 Å². The molecule has 1 saturated heterocycles. The van der Waals surface area contributed by atoms with Gasteiger partial charge in [0.15, 0.2) is 0 Å². The van der Waals surface area contributed by atoms with Gasteiger partial charge in [0.2, 0.25) is 6.23 Å². The topological polar surface area (TPSA) is 264 Å². The Labute approximate surface area is 170 Å². The average molecular weight is 516 g/mol. The molecule has 1 fully saturated rings. The van der Waals surface area contributed by atoms with E-state index in [0.717, 1.165) is 19.2 Å². The summed E-state index contributed by atoms with van der Waals surface area (Å²) in [6, 6.07) is 0.759. The Morgan fingerprint density at radius 1 is 1.19 bits per heavy atom. The number of H-pyrrole nitrogens is 1. The number of nitrogens with zero attached hydrogens (tertiary/aromatic N) is 1. The van der Waals surface area contributed by atoms with Gasteiger partial charge in [0.1, 0.15) is 11.7 Å². The molecular formula is C10H16FN2O15P3. The largest absolute Gasteiger partial charge is 0.490 e. The molecule has 2 heterocycles. The summed E-state index contributed by atoms with van der Waals surface area (Å²) in [5.74, 6) is -3.71. The number of aliphatic hydroxyl groups excluding tert-OH is 1.